The minimum absolute atomic E-state index is 0.154. The summed E-state index contributed by atoms with van der Waals surface area (Å²) in [6, 6.07) is 0.342. The number of likely N-dealkylation sites (tertiary alicyclic amines) is 1. The first-order chi connectivity index (χ1) is 8.79. The summed E-state index contributed by atoms with van der Waals surface area (Å²) in [6.07, 6.45) is 3.06. The lowest BCUT2D eigenvalue weighted by Crippen LogP contribution is -2.41. The first kappa shape index (κ1) is 16.3. The fourth-order valence-corrected chi connectivity index (χ4v) is 2.36. The normalized spacial score (nSPS) is 20.1. The highest BCUT2D eigenvalue weighted by Gasteiger charge is 2.31. The molecule has 0 aromatic carbocycles. The van der Waals surface area contributed by atoms with Crippen molar-refractivity contribution in [3.05, 3.63) is 0 Å². The Morgan fingerprint density at radius 1 is 1.42 bits per heavy atom. The van der Waals surface area contributed by atoms with Gasteiger partial charge in [0, 0.05) is 12.6 Å². The minimum Gasteiger partial charge on any atom is -0.444 e. The zero-order valence-corrected chi connectivity index (χ0v) is 13.2. The van der Waals surface area contributed by atoms with E-state index in [1.54, 1.807) is 0 Å². The molecule has 112 valence electrons. The maximum atomic E-state index is 12.1. The Hall–Kier alpha value is -0.770. The average Bonchev–Trinajstić information content (AvgIpc) is 2.69. The summed E-state index contributed by atoms with van der Waals surface area (Å²) >= 11 is 0. The van der Waals surface area contributed by atoms with Crippen molar-refractivity contribution < 1.29 is 9.53 Å². The molecule has 0 aromatic heterocycles. The van der Waals surface area contributed by atoms with Crippen molar-refractivity contribution in [2.75, 3.05) is 19.6 Å². The Balaban J connectivity index is 2.35. The molecule has 1 atom stereocenters. The predicted molar refractivity (Wildman–Crippen MR) is 78.3 cm³/mol. The molecule has 1 heterocycles. The van der Waals surface area contributed by atoms with Gasteiger partial charge >= 0.3 is 6.09 Å². The van der Waals surface area contributed by atoms with Crippen molar-refractivity contribution in [3.63, 3.8) is 0 Å². The van der Waals surface area contributed by atoms with Crippen LogP contribution in [0.25, 0.3) is 0 Å². The SMILES string of the molecule is CC(C)CNCCC1CCCN1C(=O)OC(C)(C)C. The number of carbonyl (C=O) groups excluding carboxylic acids is 1. The molecule has 0 aliphatic carbocycles. The van der Waals surface area contributed by atoms with E-state index in [0.717, 1.165) is 38.9 Å². The molecule has 0 saturated carbocycles. The van der Waals surface area contributed by atoms with Crippen LogP contribution in [0.3, 0.4) is 0 Å². The highest BCUT2D eigenvalue weighted by atomic mass is 16.6. The van der Waals surface area contributed by atoms with Crippen LogP contribution in [0.1, 0.15) is 53.9 Å². The van der Waals surface area contributed by atoms with Gasteiger partial charge in [0.15, 0.2) is 0 Å². The van der Waals surface area contributed by atoms with Crippen molar-refractivity contribution in [1.82, 2.24) is 10.2 Å². The molecule has 0 radical (unpaired) electrons. The van der Waals surface area contributed by atoms with E-state index in [4.69, 9.17) is 4.74 Å². The number of ether oxygens (including phenoxy) is 1. The molecular weight excluding hydrogens is 240 g/mol. The van der Waals surface area contributed by atoms with Crippen LogP contribution in [0.2, 0.25) is 0 Å². The van der Waals surface area contributed by atoms with E-state index in [0.29, 0.717) is 12.0 Å². The van der Waals surface area contributed by atoms with E-state index in [1.807, 2.05) is 25.7 Å². The fraction of sp³-hybridized carbons (Fsp3) is 0.933. The fourth-order valence-electron chi connectivity index (χ4n) is 2.36. The summed E-state index contributed by atoms with van der Waals surface area (Å²) in [7, 11) is 0. The number of carbonyl (C=O) groups is 1. The number of hydrogen-bond acceptors (Lipinski definition) is 3. The van der Waals surface area contributed by atoms with E-state index < -0.39 is 5.60 Å². The summed E-state index contributed by atoms with van der Waals surface area (Å²) in [5.74, 6) is 0.672. The quantitative estimate of drug-likeness (QED) is 0.781. The minimum atomic E-state index is -0.403. The smallest absolute Gasteiger partial charge is 0.410 e. The first-order valence-electron chi connectivity index (χ1n) is 7.50. The Bertz CT molecular complexity index is 284. The molecule has 4 nitrogen and oxygen atoms in total. The molecule has 1 N–H and O–H groups in total. The Morgan fingerprint density at radius 3 is 2.68 bits per heavy atom. The van der Waals surface area contributed by atoms with Crippen molar-refractivity contribution >= 4 is 6.09 Å². The van der Waals surface area contributed by atoms with Crippen LogP contribution in [-0.2, 0) is 4.74 Å². The lowest BCUT2D eigenvalue weighted by Gasteiger charge is -2.28. The van der Waals surface area contributed by atoms with Crippen LogP contribution in [0.15, 0.2) is 0 Å². The second-order valence-electron chi connectivity index (χ2n) is 6.86. The van der Waals surface area contributed by atoms with Crippen LogP contribution in [-0.4, -0.2) is 42.3 Å². The zero-order chi connectivity index (χ0) is 14.5. The maximum Gasteiger partial charge on any atom is 0.410 e. The topological polar surface area (TPSA) is 41.6 Å². The molecule has 1 amide bonds. The van der Waals surface area contributed by atoms with Gasteiger partial charge in [-0.25, -0.2) is 4.79 Å². The first-order valence-corrected chi connectivity index (χ1v) is 7.50. The van der Waals surface area contributed by atoms with Crippen molar-refractivity contribution in [2.24, 2.45) is 5.92 Å². The van der Waals surface area contributed by atoms with Gasteiger partial charge in [-0.1, -0.05) is 13.8 Å². The molecule has 1 saturated heterocycles. The van der Waals surface area contributed by atoms with E-state index in [2.05, 4.69) is 19.2 Å². The Labute approximate surface area is 117 Å². The van der Waals surface area contributed by atoms with Gasteiger partial charge < -0.3 is 15.0 Å². The third-order valence-electron chi connectivity index (χ3n) is 3.21. The Morgan fingerprint density at radius 2 is 2.11 bits per heavy atom. The molecule has 1 fully saturated rings. The molecule has 1 rings (SSSR count). The van der Waals surface area contributed by atoms with Gasteiger partial charge in [0.25, 0.3) is 0 Å². The molecule has 1 aliphatic heterocycles. The van der Waals surface area contributed by atoms with Crippen molar-refractivity contribution in [3.8, 4) is 0 Å². The third kappa shape index (κ3) is 6.28. The van der Waals surface area contributed by atoms with Crippen LogP contribution < -0.4 is 5.32 Å². The van der Waals surface area contributed by atoms with Gasteiger partial charge in [0.05, 0.1) is 0 Å². The highest BCUT2D eigenvalue weighted by molar-refractivity contribution is 5.68. The van der Waals surface area contributed by atoms with Gasteiger partial charge in [0.2, 0.25) is 0 Å². The molecule has 1 aliphatic rings. The van der Waals surface area contributed by atoms with Crippen LogP contribution in [0.5, 0.6) is 0 Å². The lowest BCUT2D eigenvalue weighted by atomic mass is 10.1. The molecular formula is C15H30N2O2. The van der Waals surface area contributed by atoms with E-state index in [1.165, 1.54) is 0 Å². The van der Waals surface area contributed by atoms with Gasteiger partial charge in [-0.3, -0.25) is 0 Å². The summed E-state index contributed by atoms with van der Waals surface area (Å²) < 4.78 is 5.46. The molecule has 0 aromatic rings. The predicted octanol–water partition coefficient (Wildman–Crippen LogP) is 3.02. The molecule has 0 spiro atoms. The van der Waals surface area contributed by atoms with Crippen LogP contribution >= 0.6 is 0 Å². The lowest BCUT2D eigenvalue weighted by molar-refractivity contribution is 0.0220. The zero-order valence-electron chi connectivity index (χ0n) is 13.2. The number of nitrogens with zero attached hydrogens (tertiary/aromatic N) is 1. The van der Waals surface area contributed by atoms with Crippen LogP contribution in [0, 0.1) is 5.92 Å². The van der Waals surface area contributed by atoms with E-state index in [-0.39, 0.29) is 6.09 Å². The van der Waals surface area contributed by atoms with Gasteiger partial charge in [-0.15, -0.1) is 0 Å². The summed E-state index contributed by atoms with van der Waals surface area (Å²) in [4.78, 5) is 14.0. The number of nitrogens with one attached hydrogen (secondary N) is 1. The molecule has 1 unspecified atom stereocenters. The number of amides is 1. The molecule has 19 heavy (non-hydrogen) atoms. The monoisotopic (exact) mass is 270 g/mol. The van der Waals surface area contributed by atoms with Gasteiger partial charge in [0.1, 0.15) is 5.60 Å². The largest absolute Gasteiger partial charge is 0.444 e. The van der Waals surface area contributed by atoms with Crippen LogP contribution in [0.4, 0.5) is 4.79 Å². The maximum absolute atomic E-state index is 12.1. The Kier molecular flexibility index (Phi) is 6.11. The van der Waals surface area contributed by atoms with Gasteiger partial charge in [-0.2, -0.15) is 0 Å². The third-order valence-corrected chi connectivity index (χ3v) is 3.21. The van der Waals surface area contributed by atoms with Crippen molar-refractivity contribution in [1.29, 1.82) is 0 Å². The average molecular weight is 270 g/mol. The second kappa shape index (κ2) is 7.13. The number of hydrogen-bond donors (Lipinski definition) is 1. The summed E-state index contributed by atoms with van der Waals surface area (Å²) in [5.41, 5.74) is -0.403. The summed E-state index contributed by atoms with van der Waals surface area (Å²) in [6.45, 7) is 13.0. The van der Waals surface area contributed by atoms with Gasteiger partial charge in [-0.05, 0) is 59.0 Å². The number of rotatable bonds is 5. The summed E-state index contributed by atoms with van der Waals surface area (Å²) in [5, 5.41) is 3.44. The highest BCUT2D eigenvalue weighted by Crippen LogP contribution is 2.22. The second-order valence-corrected chi connectivity index (χ2v) is 6.86. The van der Waals surface area contributed by atoms with E-state index >= 15 is 0 Å². The molecule has 0 bridgehead atoms. The van der Waals surface area contributed by atoms with Crippen molar-refractivity contribution in [2.45, 2.75) is 65.5 Å². The standard InChI is InChI=1S/C15H30N2O2/c1-12(2)11-16-9-8-13-7-6-10-17(13)14(18)19-15(3,4)5/h12-13,16H,6-11H2,1-5H3. The van der Waals surface area contributed by atoms with E-state index in [9.17, 15) is 4.79 Å². The molecule has 4 heteroatoms.